The van der Waals surface area contributed by atoms with Crippen molar-refractivity contribution in [2.75, 3.05) is 42.9 Å². The zero-order chi connectivity index (χ0) is 44.6. The minimum absolute atomic E-state index is 0.00794. The molecule has 2 amide bonds. The quantitative estimate of drug-likeness (QED) is 0.191. The molecule has 2 aromatic carbocycles. The summed E-state index contributed by atoms with van der Waals surface area (Å²) in [6.45, 7) is 6.63. The molecule has 6 aliphatic rings. The van der Waals surface area contributed by atoms with Gasteiger partial charge in [0.05, 0.1) is 27.6 Å². The number of likely N-dealkylation sites (tertiary alicyclic amines) is 2. The van der Waals surface area contributed by atoms with Gasteiger partial charge in [0.1, 0.15) is 12.9 Å². The summed E-state index contributed by atoms with van der Waals surface area (Å²) in [7, 11) is 0. The van der Waals surface area contributed by atoms with E-state index in [0.29, 0.717) is 66.9 Å². The molecule has 0 bridgehead atoms. The predicted molar refractivity (Wildman–Crippen MR) is 228 cm³/mol. The summed E-state index contributed by atoms with van der Waals surface area (Å²) < 4.78 is 43.3. The molecule has 3 aliphatic heterocycles. The van der Waals surface area contributed by atoms with Gasteiger partial charge in [-0.25, -0.2) is 9.97 Å². The maximum absolute atomic E-state index is 15.1. The van der Waals surface area contributed by atoms with Crippen LogP contribution in [0.25, 0.3) is 17.2 Å². The lowest BCUT2D eigenvalue weighted by Crippen LogP contribution is -2.64. The van der Waals surface area contributed by atoms with Crippen molar-refractivity contribution in [3.63, 3.8) is 0 Å². The van der Waals surface area contributed by atoms with Crippen LogP contribution in [0.3, 0.4) is 0 Å². The van der Waals surface area contributed by atoms with E-state index in [1.807, 2.05) is 31.2 Å². The zero-order valence-electron chi connectivity index (χ0n) is 35.1. The predicted octanol–water partition coefficient (Wildman–Crippen LogP) is 5.39. The van der Waals surface area contributed by atoms with Crippen LogP contribution < -0.4 is 15.8 Å². The van der Waals surface area contributed by atoms with Crippen LogP contribution in [-0.2, 0) is 22.9 Å². The number of aliphatic hydroxyl groups is 1. The maximum atomic E-state index is 15.1. The molecule has 0 unspecified atom stereocenters. The number of nitrogens with zero attached hydrogens (tertiary/aromatic N) is 9. The average molecular weight is 899 g/mol. The van der Waals surface area contributed by atoms with Gasteiger partial charge in [0, 0.05) is 78.6 Å². The summed E-state index contributed by atoms with van der Waals surface area (Å²) in [4.78, 5) is 62.5. The molecular weight excluding hydrogens is 853 g/mol. The first-order valence-electron chi connectivity index (χ1n) is 21.9. The van der Waals surface area contributed by atoms with Gasteiger partial charge in [-0.05, 0) is 107 Å². The molecule has 334 valence electrons. The summed E-state index contributed by atoms with van der Waals surface area (Å²) in [6, 6.07) is 10.8. The molecule has 64 heavy (non-hydrogen) atoms. The Labute approximate surface area is 369 Å². The zero-order valence-corrected chi connectivity index (χ0v) is 35.9. The van der Waals surface area contributed by atoms with Gasteiger partial charge in [0.25, 0.3) is 11.5 Å². The number of halogens is 4. The summed E-state index contributed by atoms with van der Waals surface area (Å²) in [5, 5.41) is 28.2. The molecule has 3 saturated heterocycles. The van der Waals surface area contributed by atoms with Crippen LogP contribution in [-0.4, -0.2) is 111 Å². The van der Waals surface area contributed by atoms with Crippen LogP contribution in [0.5, 0.6) is 5.75 Å². The number of carbonyl (C=O) groups is 2. The molecule has 0 radical (unpaired) electrons. The van der Waals surface area contributed by atoms with Gasteiger partial charge in [-0.2, -0.15) is 22.7 Å². The van der Waals surface area contributed by atoms with Crippen molar-refractivity contribution in [2.45, 2.75) is 94.1 Å². The highest BCUT2D eigenvalue weighted by Gasteiger charge is 2.70. The van der Waals surface area contributed by atoms with Crippen LogP contribution >= 0.6 is 11.6 Å². The van der Waals surface area contributed by atoms with Crippen LogP contribution in [0.15, 0.2) is 53.6 Å². The van der Waals surface area contributed by atoms with E-state index in [1.165, 1.54) is 10.8 Å². The Morgan fingerprint density at radius 1 is 1.00 bits per heavy atom. The van der Waals surface area contributed by atoms with Crippen LogP contribution in [0.4, 0.5) is 24.5 Å². The van der Waals surface area contributed by atoms with E-state index in [1.54, 1.807) is 16.4 Å². The molecule has 2 saturated carbocycles. The van der Waals surface area contributed by atoms with E-state index in [9.17, 15) is 33.0 Å². The molecule has 3 aromatic heterocycles. The lowest BCUT2D eigenvalue weighted by atomic mass is 9.54. The Bertz CT molecular complexity index is 2820. The van der Waals surface area contributed by atoms with E-state index in [2.05, 4.69) is 25.1 Å². The third-order valence-corrected chi connectivity index (χ3v) is 15.3. The number of piperidine rings is 2. The fraction of sp³-hybridized carbons (Fsp3) is 0.489. The highest BCUT2D eigenvalue weighted by molar-refractivity contribution is 6.33. The van der Waals surface area contributed by atoms with Gasteiger partial charge in [-0.15, -0.1) is 5.10 Å². The monoisotopic (exact) mass is 898 g/mol. The van der Waals surface area contributed by atoms with Crippen LogP contribution in [0.2, 0.25) is 5.02 Å². The van der Waals surface area contributed by atoms with Crippen molar-refractivity contribution in [3.8, 4) is 17.1 Å². The molecule has 6 heterocycles. The number of hydrogen-bond donors (Lipinski definition) is 3. The molecule has 19 heteroatoms. The molecule has 3 aliphatic carbocycles. The normalized spacial score (nSPS) is 26.0. The third-order valence-electron chi connectivity index (χ3n) is 15.0. The highest BCUT2D eigenvalue weighted by atomic mass is 35.5. The van der Waals surface area contributed by atoms with Crippen molar-refractivity contribution in [1.29, 1.82) is 0 Å². The standard InChI is InChI=1S/C45H46ClF3N10O5/c1-23-38(61)36(51-22-50-23)41(63)57-16-13-44(29-8-10-33(29)57)30-18-28(30)37-35(44)40(62)59-42(58(37)19-34(60)52-32-9-5-25(17-31(32)46)45(47,48)49)53-39(54-59)24-3-6-26(7-4-24)55-14-11-27(12-15-55)56-20-43(2,64)21-56/h3-7,9,17,22,27-30,33,61,64H,8,10-16,18-21H2,1-2H3,(H,52,60)/t28-,29+,30+,33-,44-/m0/s1. The van der Waals surface area contributed by atoms with Gasteiger partial charge in [0.15, 0.2) is 17.3 Å². The number of nitrogens with one attached hydrogen (secondary N) is 1. The third kappa shape index (κ3) is 6.41. The second-order valence-corrected chi connectivity index (χ2v) is 19.3. The fourth-order valence-corrected chi connectivity index (χ4v) is 12.1. The smallest absolute Gasteiger partial charge is 0.416 e. The summed E-state index contributed by atoms with van der Waals surface area (Å²) in [5.41, 5.74) is 0.755. The minimum atomic E-state index is -4.62. The number of alkyl halides is 3. The Morgan fingerprint density at radius 3 is 2.42 bits per heavy atom. The number of carbonyl (C=O) groups excluding carboxylic acids is 2. The molecule has 1 spiro atoms. The van der Waals surface area contributed by atoms with Gasteiger partial charge in [0.2, 0.25) is 11.7 Å². The minimum Gasteiger partial charge on any atom is -0.504 e. The van der Waals surface area contributed by atoms with E-state index in [0.717, 1.165) is 62.7 Å². The van der Waals surface area contributed by atoms with Crippen molar-refractivity contribution in [3.05, 3.63) is 92.4 Å². The number of β-amino-alcohol motifs (C(OH)–C–C–N with tert-alkyl or cyclic N) is 1. The van der Waals surface area contributed by atoms with Gasteiger partial charge < -0.3 is 29.9 Å². The Hall–Kier alpha value is -5.59. The summed E-state index contributed by atoms with van der Waals surface area (Å²) >= 11 is 6.26. The highest BCUT2D eigenvalue weighted by Crippen LogP contribution is 2.72. The van der Waals surface area contributed by atoms with E-state index in [-0.39, 0.29) is 69.7 Å². The van der Waals surface area contributed by atoms with E-state index in [4.69, 9.17) is 21.7 Å². The number of aromatic hydroxyl groups is 1. The number of benzene rings is 2. The van der Waals surface area contributed by atoms with Crippen LogP contribution in [0.1, 0.15) is 84.4 Å². The molecule has 5 atom stereocenters. The number of hydrogen-bond acceptors (Lipinski definition) is 11. The fourth-order valence-electron chi connectivity index (χ4n) is 11.8. The van der Waals surface area contributed by atoms with Crippen molar-refractivity contribution < 1.29 is 33.0 Å². The number of rotatable bonds is 7. The molecule has 15 nitrogen and oxygen atoms in total. The number of anilines is 2. The number of aryl methyl sites for hydroxylation is 1. The van der Waals surface area contributed by atoms with Gasteiger partial charge >= 0.3 is 6.18 Å². The molecule has 5 fully saturated rings. The topological polar surface area (TPSA) is 174 Å². The number of aromatic nitrogens is 6. The SMILES string of the molecule is Cc1ncnc(C(=O)N2CC[C@]3(c4c(n(CC(=O)Nc5ccc(C(F)(F)F)cc5Cl)c5nc(-c6ccc(N7CCC(N8CC(C)(O)C8)CC7)cc6)nn5c4=O)[C@H]4C[C@H]43)[C@@H]3CC[C@@H]32)c1O. The second-order valence-electron chi connectivity index (χ2n) is 18.9. The second kappa shape index (κ2) is 14.5. The lowest BCUT2D eigenvalue weighted by molar-refractivity contribution is -0.137. The molecular formula is C45H46ClF3N10O5. The molecule has 5 aromatic rings. The van der Waals surface area contributed by atoms with E-state index >= 15 is 4.79 Å². The van der Waals surface area contributed by atoms with Crippen molar-refractivity contribution in [1.82, 2.24) is 38.9 Å². The lowest BCUT2D eigenvalue weighted by Gasteiger charge is -2.58. The number of fused-ring (bicyclic) bond motifs is 8. The average Bonchev–Trinajstić information content (AvgIpc) is 3.83. The first-order chi connectivity index (χ1) is 30.5. The maximum Gasteiger partial charge on any atom is 0.416 e. The van der Waals surface area contributed by atoms with Crippen molar-refractivity contribution in [2.24, 2.45) is 11.8 Å². The summed E-state index contributed by atoms with van der Waals surface area (Å²) in [5.74, 6) is -0.823. The van der Waals surface area contributed by atoms with Gasteiger partial charge in [-0.1, -0.05) is 11.6 Å². The Morgan fingerprint density at radius 2 is 1.75 bits per heavy atom. The Balaban J connectivity index is 0.936. The van der Waals surface area contributed by atoms with Crippen LogP contribution in [0, 0.1) is 18.8 Å². The molecule has 3 N–H and O–H groups in total. The number of amides is 2. The van der Waals surface area contributed by atoms with Gasteiger partial charge in [-0.3, -0.25) is 19.3 Å². The first-order valence-corrected chi connectivity index (χ1v) is 22.2. The largest absolute Gasteiger partial charge is 0.504 e. The summed E-state index contributed by atoms with van der Waals surface area (Å²) in [6.07, 6.45) is 1.36. The van der Waals surface area contributed by atoms with E-state index < -0.39 is 28.7 Å². The molecule has 11 rings (SSSR count). The van der Waals surface area contributed by atoms with Crippen molar-refractivity contribution >= 4 is 40.6 Å². The first kappa shape index (κ1) is 41.1. The Kier molecular flexibility index (Phi) is 9.29.